The SMILES string of the molecule is Cc1ccc(NS(=O)(=O)c2cnn(C(C)C)c2)cc1F. The third-order valence-corrected chi connectivity index (χ3v) is 4.18. The van der Waals surface area contributed by atoms with Crippen molar-refractivity contribution in [2.24, 2.45) is 0 Å². The topological polar surface area (TPSA) is 64.0 Å². The number of halogens is 1. The molecule has 0 spiro atoms. The summed E-state index contributed by atoms with van der Waals surface area (Å²) in [7, 11) is -3.76. The maximum atomic E-state index is 13.4. The summed E-state index contributed by atoms with van der Waals surface area (Å²) in [6.07, 6.45) is 2.71. The molecule has 2 aromatic rings. The third-order valence-electron chi connectivity index (χ3n) is 2.84. The highest BCUT2D eigenvalue weighted by molar-refractivity contribution is 7.92. The van der Waals surface area contributed by atoms with Gasteiger partial charge in [-0.1, -0.05) is 6.07 Å². The van der Waals surface area contributed by atoms with Gasteiger partial charge < -0.3 is 0 Å². The van der Waals surface area contributed by atoms with Crippen LogP contribution in [0, 0.1) is 12.7 Å². The molecule has 108 valence electrons. The average molecular weight is 297 g/mol. The smallest absolute Gasteiger partial charge is 0.265 e. The summed E-state index contributed by atoms with van der Waals surface area (Å²) in [6.45, 7) is 5.40. The van der Waals surface area contributed by atoms with Crippen molar-refractivity contribution in [3.63, 3.8) is 0 Å². The lowest BCUT2D eigenvalue weighted by molar-refractivity contribution is 0.531. The molecule has 0 aliphatic rings. The lowest BCUT2D eigenvalue weighted by Crippen LogP contribution is -2.12. The second kappa shape index (κ2) is 5.24. The van der Waals surface area contributed by atoms with Gasteiger partial charge in [-0.3, -0.25) is 9.40 Å². The molecule has 0 saturated carbocycles. The Kier molecular flexibility index (Phi) is 3.80. The minimum Gasteiger partial charge on any atom is -0.279 e. The fraction of sp³-hybridized carbons (Fsp3) is 0.308. The van der Waals surface area contributed by atoms with Crippen molar-refractivity contribution in [3.8, 4) is 0 Å². The van der Waals surface area contributed by atoms with E-state index in [0.717, 1.165) is 6.07 Å². The first-order valence-corrected chi connectivity index (χ1v) is 7.61. The Hall–Kier alpha value is -1.89. The molecule has 0 radical (unpaired) electrons. The summed E-state index contributed by atoms with van der Waals surface area (Å²) < 4.78 is 41.6. The van der Waals surface area contributed by atoms with Gasteiger partial charge in [0.15, 0.2) is 0 Å². The van der Waals surface area contributed by atoms with E-state index in [9.17, 15) is 12.8 Å². The van der Waals surface area contributed by atoms with E-state index < -0.39 is 15.8 Å². The van der Waals surface area contributed by atoms with Crippen LogP contribution in [0.1, 0.15) is 25.5 Å². The number of sulfonamides is 1. The number of aromatic nitrogens is 2. The summed E-state index contributed by atoms with van der Waals surface area (Å²) in [5, 5.41) is 3.98. The van der Waals surface area contributed by atoms with Crippen LogP contribution >= 0.6 is 0 Å². The summed E-state index contributed by atoms with van der Waals surface area (Å²) in [5.74, 6) is -0.455. The van der Waals surface area contributed by atoms with Crippen LogP contribution in [0.5, 0.6) is 0 Å². The summed E-state index contributed by atoms with van der Waals surface area (Å²) in [6, 6.07) is 4.25. The quantitative estimate of drug-likeness (QED) is 0.943. The molecule has 1 heterocycles. The molecule has 0 aliphatic heterocycles. The zero-order chi connectivity index (χ0) is 14.9. The maximum absolute atomic E-state index is 13.4. The van der Waals surface area contributed by atoms with Crippen molar-refractivity contribution in [1.82, 2.24) is 9.78 Å². The van der Waals surface area contributed by atoms with E-state index in [1.54, 1.807) is 11.6 Å². The van der Waals surface area contributed by atoms with Gasteiger partial charge in [-0.05, 0) is 38.5 Å². The first-order valence-electron chi connectivity index (χ1n) is 6.13. The van der Waals surface area contributed by atoms with Gasteiger partial charge in [0, 0.05) is 12.2 Å². The number of anilines is 1. The number of rotatable bonds is 4. The Balaban J connectivity index is 2.28. The summed E-state index contributed by atoms with van der Waals surface area (Å²) >= 11 is 0. The average Bonchev–Trinajstić information content (AvgIpc) is 2.84. The fourth-order valence-electron chi connectivity index (χ4n) is 1.61. The molecule has 0 aliphatic carbocycles. The first kappa shape index (κ1) is 14.5. The van der Waals surface area contributed by atoms with E-state index in [0.29, 0.717) is 5.56 Å². The van der Waals surface area contributed by atoms with Gasteiger partial charge >= 0.3 is 0 Å². The number of nitrogens with zero attached hydrogens (tertiary/aromatic N) is 2. The molecule has 2 rings (SSSR count). The molecule has 0 bridgehead atoms. The van der Waals surface area contributed by atoms with Crippen molar-refractivity contribution in [3.05, 3.63) is 42.0 Å². The summed E-state index contributed by atoms with van der Waals surface area (Å²) in [5.41, 5.74) is 0.644. The van der Waals surface area contributed by atoms with Gasteiger partial charge in [0.2, 0.25) is 0 Å². The predicted octanol–water partition coefficient (Wildman–Crippen LogP) is 2.71. The lowest BCUT2D eigenvalue weighted by Gasteiger charge is -2.07. The Morgan fingerprint density at radius 3 is 2.60 bits per heavy atom. The maximum Gasteiger partial charge on any atom is 0.265 e. The number of benzene rings is 1. The van der Waals surface area contributed by atoms with Gasteiger partial charge in [0.1, 0.15) is 10.7 Å². The van der Waals surface area contributed by atoms with Crippen LogP contribution in [0.15, 0.2) is 35.5 Å². The molecular formula is C13H16FN3O2S. The van der Waals surface area contributed by atoms with E-state index in [-0.39, 0.29) is 16.6 Å². The van der Waals surface area contributed by atoms with Crippen LogP contribution in [0.25, 0.3) is 0 Å². The van der Waals surface area contributed by atoms with E-state index in [4.69, 9.17) is 0 Å². The van der Waals surface area contributed by atoms with Gasteiger partial charge in [-0.2, -0.15) is 5.10 Å². The van der Waals surface area contributed by atoms with Crippen LogP contribution in [-0.2, 0) is 10.0 Å². The minimum absolute atomic E-state index is 0.0483. The Labute approximate surface area is 117 Å². The molecule has 5 nitrogen and oxygen atoms in total. The third kappa shape index (κ3) is 2.98. The van der Waals surface area contributed by atoms with Gasteiger partial charge in [-0.15, -0.1) is 0 Å². The van der Waals surface area contributed by atoms with Crippen molar-refractivity contribution in [1.29, 1.82) is 0 Å². The van der Waals surface area contributed by atoms with Crippen molar-refractivity contribution >= 4 is 15.7 Å². The van der Waals surface area contributed by atoms with Crippen molar-refractivity contribution < 1.29 is 12.8 Å². The number of hydrogen-bond acceptors (Lipinski definition) is 3. The van der Waals surface area contributed by atoms with Gasteiger partial charge in [0.05, 0.1) is 11.9 Å². The van der Waals surface area contributed by atoms with Gasteiger partial charge in [-0.25, -0.2) is 12.8 Å². The number of nitrogens with one attached hydrogen (secondary N) is 1. The van der Waals surface area contributed by atoms with E-state index in [1.807, 2.05) is 13.8 Å². The molecule has 7 heteroatoms. The molecular weight excluding hydrogens is 281 g/mol. The van der Waals surface area contributed by atoms with E-state index in [2.05, 4.69) is 9.82 Å². The second-order valence-corrected chi connectivity index (χ2v) is 6.50. The molecule has 1 aromatic carbocycles. The highest BCUT2D eigenvalue weighted by atomic mass is 32.2. The first-order chi connectivity index (χ1) is 9.29. The number of hydrogen-bond donors (Lipinski definition) is 1. The zero-order valence-electron chi connectivity index (χ0n) is 11.5. The number of aryl methyl sites for hydroxylation is 1. The van der Waals surface area contributed by atoms with Crippen LogP contribution in [0.3, 0.4) is 0 Å². The van der Waals surface area contributed by atoms with Crippen LogP contribution in [0.2, 0.25) is 0 Å². The fourth-order valence-corrected chi connectivity index (χ4v) is 2.60. The standard InChI is InChI=1S/C13H16FN3O2S/c1-9(2)17-8-12(7-15-17)20(18,19)16-11-5-4-10(3)13(14)6-11/h4-9,16H,1-3H3. The van der Waals surface area contributed by atoms with Crippen LogP contribution < -0.4 is 4.72 Å². The molecule has 0 saturated heterocycles. The normalized spacial score (nSPS) is 11.8. The molecule has 0 fully saturated rings. The molecule has 0 atom stereocenters. The van der Waals surface area contributed by atoms with Crippen molar-refractivity contribution in [2.75, 3.05) is 4.72 Å². The van der Waals surface area contributed by atoms with Crippen LogP contribution in [0.4, 0.5) is 10.1 Å². The highest BCUT2D eigenvalue weighted by Crippen LogP contribution is 2.19. The molecule has 0 unspecified atom stereocenters. The predicted molar refractivity (Wildman–Crippen MR) is 74.6 cm³/mol. The molecule has 1 N–H and O–H groups in total. The largest absolute Gasteiger partial charge is 0.279 e. The zero-order valence-corrected chi connectivity index (χ0v) is 12.3. The Morgan fingerprint density at radius 2 is 2.05 bits per heavy atom. The highest BCUT2D eigenvalue weighted by Gasteiger charge is 2.17. The van der Waals surface area contributed by atoms with E-state index in [1.165, 1.54) is 24.5 Å². The van der Waals surface area contributed by atoms with E-state index >= 15 is 0 Å². The molecule has 20 heavy (non-hydrogen) atoms. The summed E-state index contributed by atoms with van der Waals surface area (Å²) in [4.78, 5) is 0.0483. The monoisotopic (exact) mass is 297 g/mol. The second-order valence-electron chi connectivity index (χ2n) is 4.82. The van der Waals surface area contributed by atoms with Gasteiger partial charge in [0.25, 0.3) is 10.0 Å². The van der Waals surface area contributed by atoms with Crippen molar-refractivity contribution in [2.45, 2.75) is 31.7 Å². The molecule has 0 amide bonds. The Morgan fingerprint density at radius 1 is 1.35 bits per heavy atom. The minimum atomic E-state index is -3.76. The molecule has 1 aromatic heterocycles. The Bertz CT molecular complexity index is 723. The lowest BCUT2D eigenvalue weighted by atomic mass is 10.2. The van der Waals surface area contributed by atoms with Crippen LogP contribution in [-0.4, -0.2) is 18.2 Å².